The van der Waals surface area contributed by atoms with Crippen molar-refractivity contribution >= 4 is 17.6 Å². The molecule has 0 spiro atoms. The zero-order chi connectivity index (χ0) is 20.4. The second-order valence-electron chi connectivity index (χ2n) is 7.31. The summed E-state index contributed by atoms with van der Waals surface area (Å²) < 4.78 is 7.41. The minimum Gasteiger partial charge on any atom is -0.452 e. The number of amides is 1. The summed E-state index contributed by atoms with van der Waals surface area (Å²) in [4.78, 5) is 27.1. The van der Waals surface area contributed by atoms with E-state index in [1.54, 1.807) is 4.90 Å². The van der Waals surface area contributed by atoms with Crippen LogP contribution in [-0.4, -0.2) is 29.6 Å². The minimum atomic E-state index is -0.473. The Morgan fingerprint density at radius 3 is 2.52 bits per heavy atom. The summed E-state index contributed by atoms with van der Waals surface area (Å²) in [6.45, 7) is 4.23. The summed E-state index contributed by atoms with van der Waals surface area (Å²) >= 11 is 0. The molecule has 29 heavy (non-hydrogen) atoms. The molecule has 4 rings (SSSR count). The van der Waals surface area contributed by atoms with Gasteiger partial charge in [-0.15, -0.1) is 0 Å². The number of para-hydroxylation sites is 2. The van der Waals surface area contributed by atoms with Crippen LogP contribution >= 0.6 is 0 Å². The summed E-state index contributed by atoms with van der Waals surface area (Å²) in [6.07, 6.45) is 1.88. The lowest BCUT2D eigenvalue weighted by molar-refractivity contribution is -0.121. The van der Waals surface area contributed by atoms with Crippen molar-refractivity contribution in [2.75, 3.05) is 18.1 Å². The van der Waals surface area contributed by atoms with Gasteiger partial charge in [0.15, 0.2) is 6.61 Å². The van der Waals surface area contributed by atoms with E-state index in [4.69, 9.17) is 4.74 Å². The van der Waals surface area contributed by atoms with Crippen LogP contribution in [0.4, 0.5) is 5.69 Å². The lowest BCUT2D eigenvalue weighted by Gasteiger charge is -2.29. The van der Waals surface area contributed by atoms with Gasteiger partial charge in [0, 0.05) is 29.3 Å². The number of esters is 1. The van der Waals surface area contributed by atoms with E-state index in [2.05, 4.69) is 0 Å². The van der Waals surface area contributed by atoms with Crippen LogP contribution in [0.15, 0.2) is 60.7 Å². The molecule has 148 valence electrons. The number of rotatable bonds is 4. The molecule has 0 saturated carbocycles. The number of carbonyl (C=O) groups excluding carboxylic acids is 2. The number of hydrogen-bond donors (Lipinski definition) is 0. The topological polar surface area (TPSA) is 51.5 Å². The van der Waals surface area contributed by atoms with E-state index < -0.39 is 5.97 Å². The van der Waals surface area contributed by atoms with Crippen LogP contribution in [0.1, 0.15) is 33.7 Å². The molecule has 3 aromatic rings. The van der Waals surface area contributed by atoms with Gasteiger partial charge in [-0.1, -0.05) is 36.4 Å². The molecular formula is C24H24N2O3. The van der Waals surface area contributed by atoms with Gasteiger partial charge < -0.3 is 14.2 Å². The van der Waals surface area contributed by atoms with Crippen LogP contribution < -0.4 is 4.90 Å². The molecule has 5 nitrogen and oxygen atoms in total. The van der Waals surface area contributed by atoms with Crippen LogP contribution in [0.3, 0.4) is 0 Å². The number of nitrogens with zero attached hydrogens (tertiary/aromatic N) is 2. The van der Waals surface area contributed by atoms with Crippen molar-refractivity contribution in [2.45, 2.75) is 26.7 Å². The van der Waals surface area contributed by atoms with Crippen LogP contribution in [0.2, 0.25) is 0 Å². The number of benzene rings is 2. The molecule has 2 aromatic carbocycles. The third-order valence-electron chi connectivity index (χ3n) is 5.40. The number of fused-ring (bicyclic) bond motifs is 1. The Balaban J connectivity index is 1.48. The molecule has 1 aliphatic rings. The number of hydrogen-bond acceptors (Lipinski definition) is 3. The van der Waals surface area contributed by atoms with Gasteiger partial charge in [-0.05, 0) is 56.5 Å². The minimum absolute atomic E-state index is 0.192. The fourth-order valence-electron chi connectivity index (χ4n) is 4.02. The molecule has 0 fully saturated rings. The molecule has 0 bridgehead atoms. The second kappa shape index (κ2) is 7.95. The first-order chi connectivity index (χ1) is 14.1. The Morgan fingerprint density at radius 2 is 1.72 bits per heavy atom. The van der Waals surface area contributed by atoms with Gasteiger partial charge in [0.2, 0.25) is 0 Å². The standard InChI is InChI=1S/C24H24N2O3/c1-17-15-21(18(2)26(17)20-11-4-3-5-12-20)24(28)29-16-23(27)25-14-8-10-19-9-6-7-13-22(19)25/h3-7,9,11-13,15H,8,10,14,16H2,1-2H3. The lowest BCUT2D eigenvalue weighted by atomic mass is 10.0. The van der Waals surface area contributed by atoms with E-state index in [0.717, 1.165) is 41.2 Å². The third-order valence-corrected chi connectivity index (χ3v) is 5.40. The quantitative estimate of drug-likeness (QED) is 0.629. The zero-order valence-corrected chi connectivity index (χ0v) is 16.7. The van der Waals surface area contributed by atoms with E-state index in [9.17, 15) is 9.59 Å². The van der Waals surface area contributed by atoms with Gasteiger partial charge in [-0.2, -0.15) is 0 Å². The molecule has 1 amide bonds. The molecular weight excluding hydrogens is 364 g/mol. The molecule has 0 aliphatic carbocycles. The molecule has 0 saturated heterocycles. The number of aromatic nitrogens is 1. The van der Waals surface area contributed by atoms with E-state index >= 15 is 0 Å². The number of ether oxygens (including phenoxy) is 1. The van der Waals surface area contributed by atoms with E-state index in [-0.39, 0.29) is 12.5 Å². The molecule has 5 heteroatoms. The fraction of sp³-hybridized carbons (Fsp3) is 0.250. The first-order valence-corrected chi connectivity index (χ1v) is 9.86. The van der Waals surface area contributed by atoms with Gasteiger partial charge in [-0.3, -0.25) is 4.79 Å². The monoisotopic (exact) mass is 388 g/mol. The van der Waals surface area contributed by atoms with Crippen molar-refractivity contribution in [3.05, 3.63) is 83.2 Å². The van der Waals surface area contributed by atoms with Gasteiger partial charge in [0.05, 0.1) is 5.56 Å². The molecule has 0 radical (unpaired) electrons. The maximum absolute atomic E-state index is 12.7. The van der Waals surface area contributed by atoms with Crippen LogP contribution in [0, 0.1) is 13.8 Å². The molecule has 1 aromatic heterocycles. The largest absolute Gasteiger partial charge is 0.452 e. The average Bonchev–Trinajstić information content (AvgIpc) is 3.06. The summed E-state index contributed by atoms with van der Waals surface area (Å²) in [7, 11) is 0. The predicted octanol–water partition coefficient (Wildman–Crippen LogP) is 4.23. The smallest absolute Gasteiger partial charge is 0.340 e. The van der Waals surface area contributed by atoms with Crippen molar-refractivity contribution in [1.82, 2.24) is 4.57 Å². The Morgan fingerprint density at radius 1 is 1.00 bits per heavy atom. The molecule has 1 aliphatic heterocycles. The van der Waals surface area contributed by atoms with Crippen molar-refractivity contribution in [3.63, 3.8) is 0 Å². The Labute approximate surface area is 170 Å². The van der Waals surface area contributed by atoms with Gasteiger partial charge in [0.25, 0.3) is 5.91 Å². The second-order valence-corrected chi connectivity index (χ2v) is 7.31. The maximum Gasteiger partial charge on any atom is 0.340 e. The summed E-state index contributed by atoms with van der Waals surface area (Å²) in [5, 5.41) is 0. The highest BCUT2D eigenvalue weighted by Gasteiger charge is 2.24. The maximum atomic E-state index is 12.7. The molecule has 2 heterocycles. The summed E-state index contributed by atoms with van der Waals surface area (Å²) in [5.41, 5.74) is 5.29. The number of anilines is 1. The van der Waals surface area contributed by atoms with Crippen LogP contribution in [0.5, 0.6) is 0 Å². The molecule has 0 N–H and O–H groups in total. The van der Waals surface area contributed by atoms with Crippen LogP contribution in [-0.2, 0) is 16.0 Å². The lowest BCUT2D eigenvalue weighted by Crippen LogP contribution is -2.38. The highest BCUT2D eigenvalue weighted by Crippen LogP contribution is 2.27. The van der Waals surface area contributed by atoms with Crippen molar-refractivity contribution in [2.24, 2.45) is 0 Å². The summed E-state index contributed by atoms with van der Waals surface area (Å²) in [5.74, 6) is -0.665. The normalized spacial score (nSPS) is 13.1. The Bertz CT molecular complexity index is 1050. The SMILES string of the molecule is Cc1cc(C(=O)OCC(=O)N2CCCc3ccccc32)c(C)n1-c1ccccc1. The Kier molecular flexibility index (Phi) is 5.21. The van der Waals surface area contributed by atoms with Crippen molar-refractivity contribution in [3.8, 4) is 5.69 Å². The molecule has 0 atom stereocenters. The third kappa shape index (κ3) is 3.68. The van der Waals surface area contributed by atoms with Gasteiger partial charge in [-0.25, -0.2) is 4.79 Å². The van der Waals surface area contributed by atoms with Crippen molar-refractivity contribution in [1.29, 1.82) is 0 Å². The first kappa shape index (κ1) is 19.0. The highest BCUT2D eigenvalue weighted by atomic mass is 16.5. The van der Waals surface area contributed by atoms with Gasteiger partial charge >= 0.3 is 5.97 Å². The number of aryl methyl sites for hydroxylation is 2. The average molecular weight is 388 g/mol. The highest BCUT2D eigenvalue weighted by molar-refractivity contribution is 5.98. The predicted molar refractivity (Wildman–Crippen MR) is 113 cm³/mol. The zero-order valence-electron chi connectivity index (χ0n) is 16.7. The molecule has 0 unspecified atom stereocenters. The first-order valence-electron chi connectivity index (χ1n) is 9.86. The number of carbonyl (C=O) groups is 2. The van der Waals surface area contributed by atoms with E-state index in [1.807, 2.05) is 79.1 Å². The van der Waals surface area contributed by atoms with Crippen LogP contribution in [0.25, 0.3) is 5.69 Å². The van der Waals surface area contributed by atoms with Gasteiger partial charge in [0.1, 0.15) is 0 Å². The Hall–Kier alpha value is -3.34. The van der Waals surface area contributed by atoms with E-state index in [1.165, 1.54) is 0 Å². The van der Waals surface area contributed by atoms with E-state index in [0.29, 0.717) is 12.1 Å². The fourth-order valence-corrected chi connectivity index (χ4v) is 4.02. The van der Waals surface area contributed by atoms with Crippen molar-refractivity contribution < 1.29 is 14.3 Å². The summed E-state index contributed by atoms with van der Waals surface area (Å²) in [6, 6.07) is 19.6.